The van der Waals surface area contributed by atoms with Crippen LogP contribution in [0.25, 0.3) is 0 Å². The van der Waals surface area contributed by atoms with Gasteiger partial charge in [0.1, 0.15) is 16.0 Å². The van der Waals surface area contributed by atoms with E-state index >= 15 is 0 Å². The van der Waals surface area contributed by atoms with Crippen LogP contribution in [0.1, 0.15) is 30.1 Å². The molecule has 1 aromatic heterocycles. The van der Waals surface area contributed by atoms with Gasteiger partial charge in [-0.05, 0) is 22.9 Å². The summed E-state index contributed by atoms with van der Waals surface area (Å²) in [5.74, 6) is -0.223. The average molecular weight is 400 g/mol. The Morgan fingerprint density at radius 1 is 1.43 bits per heavy atom. The van der Waals surface area contributed by atoms with Crippen LogP contribution in [-0.4, -0.2) is 52.3 Å². The summed E-state index contributed by atoms with van der Waals surface area (Å²) in [4.78, 5) is 13.7. The van der Waals surface area contributed by atoms with Gasteiger partial charge < -0.3 is 14.7 Å². The van der Waals surface area contributed by atoms with Crippen LogP contribution in [-0.2, 0) is 11.8 Å². The van der Waals surface area contributed by atoms with Crippen molar-refractivity contribution in [2.45, 2.75) is 31.5 Å². The highest BCUT2D eigenvalue weighted by atomic mass is 79.9. The van der Waals surface area contributed by atoms with Crippen molar-refractivity contribution in [2.75, 3.05) is 24.6 Å². The Bertz CT molecular complexity index is 595. The van der Waals surface area contributed by atoms with E-state index in [1.807, 2.05) is 0 Å². The molecule has 0 radical (unpaired) electrons. The Hall–Kier alpha value is -1.29. The second-order valence-corrected chi connectivity index (χ2v) is 6.10. The number of carbonyl (C=O) groups is 1. The number of esters is 1. The second-order valence-electron chi connectivity index (χ2n) is 5.35. The molecule has 1 N–H and O–H groups in total. The number of rotatable bonds is 3. The second kappa shape index (κ2) is 6.31. The zero-order valence-corrected chi connectivity index (χ0v) is 14.2. The number of halogens is 4. The molecule has 1 aliphatic rings. The predicted molar refractivity (Wildman–Crippen MR) is 79.3 cm³/mol. The smallest absolute Gasteiger partial charge is 0.417 e. The predicted octanol–water partition coefficient (Wildman–Crippen LogP) is 2.25. The van der Waals surface area contributed by atoms with Crippen LogP contribution < -0.4 is 4.90 Å². The van der Waals surface area contributed by atoms with Crippen LogP contribution in [0.2, 0.25) is 0 Å². The van der Waals surface area contributed by atoms with Gasteiger partial charge in [-0.15, -0.1) is 0 Å². The van der Waals surface area contributed by atoms with Gasteiger partial charge >= 0.3 is 12.1 Å². The van der Waals surface area contributed by atoms with Crippen LogP contribution in [0.3, 0.4) is 0 Å². The summed E-state index contributed by atoms with van der Waals surface area (Å²) in [5.41, 5.74) is -2.52. The quantitative estimate of drug-likeness (QED) is 0.789. The van der Waals surface area contributed by atoms with Gasteiger partial charge in [-0.3, -0.25) is 4.68 Å². The first-order chi connectivity index (χ1) is 10.6. The first-order valence-corrected chi connectivity index (χ1v) is 7.83. The maximum Gasteiger partial charge on any atom is 0.417 e. The fourth-order valence-electron chi connectivity index (χ4n) is 2.60. The molecule has 23 heavy (non-hydrogen) atoms. The van der Waals surface area contributed by atoms with E-state index in [1.165, 1.54) is 4.68 Å². The lowest BCUT2D eigenvalue weighted by Crippen LogP contribution is -2.53. The van der Waals surface area contributed by atoms with Crippen LogP contribution in [0.5, 0.6) is 0 Å². The summed E-state index contributed by atoms with van der Waals surface area (Å²) >= 11 is 3.17. The van der Waals surface area contributed by atoms with Crippen molar-refractivity contribution in [1.82, 2.24) is 9.78 Å². The fraction of sp³-hybridized carbons (Fsp3) is 0.692. The lowest BCUT2D eigenvalue weighted by molar-refractivity contribution is -0.266. The molecule has 1 saturated heterocycles. The molecule has 2 heterocycles. The molecular weight excluding hydrogens is 383 g/mol. The first kappa shape index (κ1) is 18.1. The zero-order chi connectivity index (χ0) is 17.4. The molecule has 10 heteroatoms. The lowest BCUT2D eigenvalue weighted by Gasteiger charge is -2.40. The first-order valence-electron chi connectivity index (χ1n) is 7.04. The normalized spacial score (nSPS) is 18.1. The van der Waals surface area contributed by atoms with E-state index in [4.69, 9.17) is 4.74 Å². The van der Waals surface area contributed by atoms with Crippen LogP contribution in [0.4, 0.5) is 19.0 Å². The Labute approximate surface area is 139 Å². The number of anilines is 1. The average Bonchev–Trinajstić information content (AvgIpc) is 2.73. The van der Waals surface area contributed by atoms with Gasteiger partial charge in [0.05, 0.1) is 6.61 Å². The van der Waals surface area contributed by atoms with Gasteiger partial charge in [-0.2, -0.15) is 18.3 Å². The van der Waals surface area contributed by atoms with E-state index in [9.17, 15) is 23.1 Å². The number of aliphatic hydroxyl groups is 1. The van der Waals surface area contributed by atoms with Gasteiger partial charge in [0.15, 0.2) is 5.60 Å². The number of carbonyl (C=O) groups excluding carboxylic acids is 1. The third kappa shape index (κ3) is 3.32. The maximum absolute atomic E-state index is 12.9. The van der Waals surface area contributed by atoms with Gasteiger partial charge in [0, 0.05) is 33.0 Å². The van der Waals surface area contributed by atoms with Crippen molar-refractivity contribution in [1.29, 1.82) is 0 Å². The van der Waals surface area contributed by atoms with Gasteiger partial charge in [0.2, 0.25) is 0 Å². The molecule has 6 nitrogen and oxygen atoms in total. The number of hydrogen-bond acceptors (Lipinski definition) is 5. The SMILES string of the molecule is CCOC(=O)c1c(Br)nn(C)c1N1CCC(O)(C(F)(F)F)CC1. The van der Waals surface area contributed by atoms with Gasteiger partial charge in [-0.25, -0.2) is 4.79 Å². The summed E-state index contributed by atoms with van der Waals surface area (Å²) in [6.07, 6.45) is -5.61. The monoisotopic (exact) mass is 399 g/mol. The molecular formula is C13H17BrF3N3O3. The molecule has 0 amide bonds. The Kier molecular flexibility index (Phi) is 4.95. The molecule has 0 atom stereocenters. The zero-order valence-electron chi connectivity index (χ0n) is 12.7. The summed E-state index contributed by atoms with van der Waals surface area (Å²) in [6.45, 7) is 1.74. The number of piperidine rings is 1. The summed E-state index contributed by atoms with van der Waals surface area (Å²) in [7, 11) is 1.59. The third-order valence-corrected chi connectivity index (χ3v) is 4.43. The lowest BCUT2D eigenvalue weighted by atomic mass is 9.90. The maximum atomic E-state index is 12.9. The molecule has 0 unspecified atom stereocenters. The number of ether oxygens (including phenoxy) is 1. The van der Waals surface area contributed by atoms with E-state index < -0.39 is 30.6 Å². The summed E-state index contributed by atoms with van der Waals surface area (Å²) in [5, 5.41) is 13.8. The minimum absolute atomic E-state index is 0.0472. The molecule has 1 aromatic rings. The summed E-state index contributed by atoms with van der Waals surface area (Å²) < 4.78 is 45.3. The van der Waals surface area contributed by atoms with Crippen LogP contribution >= 0.6 is 15.9 Å². The highest BCUT2D eigenvalue weighted by molar-refractivity contribution is 9.10. The van der Waals surface area contributed by atoms with E-state index in [0.717, 1.165) is 0 Å². The number of aryl methyl sites for hydroxylation is 1. The molecule has 0 spiro atoms. The molecule has 0 aromatic carbocycles. The number of hydrogen-bond donors (Lipinski definition) is 1. The topological polar surface area (TPSA) is 67.6 Å². The Morgan fingerprint density at radius 2 is 2.00 bits per heavy atom. The van der Waals surface area contributed by atoms with Gasteiger partial charge in [-0.1, -0.05) is 0 Å². The minimum atomic E-state index is -4.67. The van der Waals surface area contributed by atoms with Crippen LogP contribution in [0, 0.1) is 0 Å². The highest BCUT2D eigenvalue weighted by Crippen LogP contribution is 2.40. The fourth-order valence-corrected chi connectivity index (χ4v) is 3.17. The number of aromatic nitrogens is 2. The van der Waals surface area contributed by atoms with Crippen molar-refractivity contribution in [3.8, 4) is 0 Å². The van der Waals surface area contributed by atoms with Crippen molar-refractivity contribution in [3.05, 3.63) is 10.2 Å². The largest absolute Gasteiger partial charge is 0.462 e. The number of nitrogens with zero attached hydrogens (tertiary/aromatic N) is 3. The molecule has 0 aliphatic carbocycles. The summed E-state index contributed by atoms with van der Waals surface area (Å²) in [6, 6.07) is 0. The number of alkyl halides is 3. The van der Waals surface area contributed by atoms with Crippen molar-refractivity contribution < 1.29 is 27.8 Å². The Morgan fingerprint density at radius 3 is 2.48 bits per heavy atom. The Balaban J connectivity index is 2.26. The molecule has 0 bridgehead atoms. The minimum Gasteiger partial charge on any atom is -0.462 e. The molecule has 130 valence electrons. The highest BCUT2D eigenvalue weighted by Gasteiger charge is 2.54. The molecule has 2 rings (SSSR count). The van der Waals surface area contributed by atoms with Crippen LogP contribution in [0.15, 0.2) is 4.60 Å². The van der Waals surface area contributed by atoms with Crippen molar-refractivity contribution in [2.24, 2.45) is 7.05 Å². The van der Waals surface area contributed by atoms with E-state index in [1.54, 1.807) is 18.9 Å². The molecule has 0 saturated carbocycles. The van der Waals surface area contributed by atoms with E-state index in [0.29, 0.717) is 5.82 Å². The van der Waals surface area contributed by atoms with Gasteiger partial charge in [0.25, 0.3) is 0 Å². The van der Waals surface area contributed by atoms with Crippen molar-refractivity contribution in [3.63, 3.8) is 0 Å². The third-order valence-electron chi connectivity index (χ3n) is 3.87. The van der Waals surface area contributed by atoms with E-state index in [-0.39, 0.29) is 29.9 Å². The molecule has 1 aliphatic heterocycles. The van der Waals surface area contributed by atoms with E-state index in [2.05, 4.69) is 21.0 Å². The standard InChI is InChI=1S/C13H17BrF3N3O3/c1-3-23-11(21)8-9(14)18-19(2)10(8)20-6-4-12(22,5-7-20)13(15,16)17/h22H,3-7H2,1-2H3. The molecule has 1 fully saturated rings. The van der Waals surface area contributed by atoms with Crippen molar-refractivity contribution >= 4 is 27.7 Å².